The van der Waals surface area contributed by atoms with E-state index in [1.165, 1.54) is 27.8 Å². The molecule has 1 saturated heterocycles. The second kappa shape index (κ2) is 14.2. The molecule has 4 aromatic rings. The van der Waals surface area contributed by atoms with Crippen LogP contribution >= 0.6 is 11.3 Å². The number of morpholine rings is 1. The van der Waals surface area contributed by atoms with Crippen LogP contribution in [0.3, 0.4) is 0 Å². The minimum absolute atomic E-state index is 0.0432. The van der Waals surface area contributed by atoms with Gasteiger partial charge in [-0.1, -0.05) is 24.3 Å². The molecule has 246 valence electrons. The van der Waals surface area contributed by atoms with E-state index in [-0.39, 0.29) is 23.2 Å². The van der Waals surface area contributed by atoms with E-state index in [1.54, 1.807) is 29.5 Å². The van der Waals surface area contributed by atoms with Crippen LogP contribution in [0, 0.1) is 6.92 Å². The van der Waals surface area contributed by atoms with Gasteiger partial charge < -0.3 is 24.8 Å². The first-order chi connectivity index (χ1) is 22.7. The molecule has 0 saturated carbocycles. The van der Waals surface area contributed by atoms with Crippen LogP contribution < -0.4 is 16.2 Å². The molecule has 0 radical (unpaired) electrons. The summed E-state index contributed by atoms with van der Waals surface area (Å²) in [5, 5.41) is 6.31. The zero-order chi connectivity index (χ0) is 33.1. The first kappa shape index (κ1) is 32.6. The summed E-state index contributed by atoms with van der Waals surface area (Å²) in [6, 6.07) is 15.0. The van der Waals surface area contributed by atoms with Crippen molar-refractivity contribution < 1.29 is 14.3 Å². The number of carbonyl (C=O) groups excluding carboxylic acids is 2. The Morgan fingerprint density at radius 1 is 1.09 bits per heavy atom. The van der Waals surface area contributed by atoms with E-state index < -0.39 is 6.04 Å². The van der Waals surface area contributed by atoms with Crippen molar-refractivity contribution in [2.45, 2.75) is 45.6 Å². The lowest BCUT2D eigenvalue weighted by molar-refractivity contribution is -0.137. The Morgan fingerprint density at radius 2 is 1.83 bits per heavy atom. The van der Waals surface area contributed by atoms with Crippen molar-refractivity contribution in [3.8, 4) is 11.3 Å². The van der Waals surface area contributed by atoms with E-state index >= 15 is 0 Å². The average Bonchev–Trinajstić information content (AvgIpc) is 3.53. The predicted molar refractivity (Wildman–Crippen MR) is 187 cm³/mol. The van der Waals surface area contributed by atoms with Crippen molar-refractivity contribution in [1.29, 1.82) is 0 Å². The highest BCUT2D eigenvalue weighted by atomic mass is 32.1. The number of hydrogen-bond acceptors (Lipinski definition) is 8. The van der Waals surface area contributed by atoms with Crippen molar-refractivity contribution in [2.75, 3.05) is 50.5 Å². The molecule has 10 nitrogen and oxygen atoms in total. The average molecular weight is 655 g/mol. The fourth-order valence-electron chi connectivity index (χ4n) is 6.25. The third-order valence-electron chi connectivity index (χ3n) is 9.13. The number of fused-ring (bicyclic) bond motifs is 1. The molecule has 1 aliphatic heterocycles. The molecule has 1 aliphatic carbocycles. The Labute approximate surface area is 279 Å². The minimum atomic E-state index is -0.409. The molecule has 1 atom stereocenters. The molecule has 2 aliphatic rings. The summed E-state index contributed by atoms with van der Waals surface area (Å²) in [6.07, 6.45) is 6.15. The van der Waals surface area contributed by atoms with Gasteiger partial charge in [0.25, 0.3) is 11.5 Å². The van der Waals surface area contributed by atoms with Crippen LogP contribution in [-0.2, 0) is 29.4 Å². The molecule has 47 heavy (non-hydrogen) atoms. The van der Waals surface area contributed by atoms with E-state index in [9.17, 15) is 14.4 Å². The molecule has 0 bridgehead atoms. The van der Waals surface area contributed by atoms with Gasteiger partial charge in [0, 0.05) is 61.7 Å². The zero-order valence-corrected chi connectivity index (χ0v) is 28.3. The molecule has 6 rings (SSSR count). The van der Waals surface area contributed by atoms with Gasteiger partial charge in [-0.2, -0.15) is 0 Å². The van der Waals surface area contributed by atoms with Crippen molar-refractivity contribution in [3.63, 3.8) is 0 Å². The third-order valence-corrected chi connectivity index (χ3v) is 10.4. The summed E-state index contributed by atoms with van der Waals surface area (Å²) < 4.78 is 7.04. The van der Waals surface area contributed by atoms with Crippen molar-refractivity contribution in [3.05, 3.63) is 91.5 Å². The lowest BCUT2D eigenvalue weighted by atomic mass is 9.99. The highest BCUT2D eigenvalue weighted by molar-refractivity contribution is 7.14. The van der Waals surface area contributed by atoms with Crippen LogP contribution in [-0.4, -0.2) is 71.1 Å². The summed E-state index contributed by atoms with van der Waals surface area (Å²) in [5.41, 5.74) is 5.58. The SMILES string of the molecule is CCN(C)C(=O)C(c1ccc(Nc2nc(-c3cccc(NC(=O)c4cc5c(s4)CCCC5)c3C)cn(C)c2=O)cc1)N1CCOCC1. The highest BCUT2D eigenvalue weighted by Gasteiger charge is 2.31. The van der Waals surface area contributed by atoms with Crippen LogP contribution in [0.5, 0.6) is 0 Å². The number of aromatic nitrogens is 2. The largest absolute Gasteiger partial charge is 0.379 e. The Morgan fingerprint density at radius 3 is 2.55 bits per heavy atom. The second-order valence-electron chi connectivity index (χ2n) is 12.2. The van der Waals surface area contributed by atoms with E-state index in [2.05, 4.69) is 15.5 Å². The molecular formula is C36H42N6O4S. The minimum Gasteiger partial charge on any atom is -0.379 e. The maximum Gasteiger partial charge on any atom is 0.293 e. The smallest absolute Gasteiger partial charge is 0.293 e. The normalized spacial score (nSPS) is 15.5. The van der Waals surface area contributed by atoms with Crippen LogP contribution in [0.4, 0.5) is 17.2 Å². The summed E-state index contributed by atoms with van der Waals surface area (Å²) in [4.78, 5) is 50.5. The van der Waals surface area contributed by atoms with Gasteiger partial charge in [-0.25, -0.2) is 4.98 Å². The van der Waals surface area contributed by atoms with E-state index in [0.717, 1.165) is 34.4 Å². The monoisotopic (exact) mass is 654 g/mol. The van der Waals surface area contributed by atoms with Crippen LogP contribution in [0.2, 0.25) is 0 Å². The van der Waals surface area contributed by atoms with Gasteiger partial charge in [-0.3, -0.25) is 19.3 Å². The molecule has 2 N–H and O–H groups in total. The van der Waals surface area contributed by atoms with Crippen LogP contribution in [0.25, 0.3) is 11.3 Å². The Bertz CT molecular complexity index is 1800. The van der Waals surface area contributed by atoms with Crippen molar-refractivity contribution >= 4 is 40.3 Å². The number of aryl methyl sites for hydroxylation is 3. The van der Waals surface area contributed by atoms with Gasteiger partial charge in [0.1, 0.15) is 6.04 Å². The number of likely N-dealkylation sites (N-methyl/N-ethyl adjacent to an activating group) is 1. The Kier molecular flexibility index (Phi) is 9.86. The molecule has 2 amide bonds. The fraction of sp³-hybridized carbons (Fsp3) is 0.389. The predicted octanol–water partition coefficient (Wildman–Crippen LogP) is 5.54. The Balaban J connectivity index is 1.23. The number of thiophene rings is 1. The molecule has 11 heteroatoms. The summed E-state index contributed by atoms with van der Waals surface area (Å²) in [6.45, 7) is 7.08. The molecule has 1 fully saturated rings. The van der Waals surface area contributed by atoms with Gasteiger partial charge in [-0.05, 0) is 80.5 Å². The van der Waals surface area contributed by atoms with Crippen LogP contribution in [0.15, 0.2) is 59.5 Å². The van der Waals surface area contributed by atoms with Gasteiger partial charge in [-0.15, -0.1) is 11.3 Å². The summed E-state index contributed by atoms with van der Waals surface area (Å²) in [5.74, 6) is 0.117. The number of hydrogen-bond donors (Lipinski definition) is 2. The zero-order valence-electron chi connectivity index (χ0n) is 27.5. The molecule has 2 aromatic carbocycles. The number of nitrogens with zero attached hydrogens (tertiary/aromatic N) is 4. The lowest BCUT2D eigenvalue weighted by Crippen LogP contribution is -2.46. The Hall–Kier alpha value is -4.32. The van der Waals surface area contributed by atoms with E-state index in [1.807, 2.05) is 69.4 Å². The molecule has 2 aromatic heterocycles. The van der Waals surface area contributed by atoms with Crippen molar-refractivity contribution in [1.82, 2.24) is 19.4 Å². The standard InChI is InChI=1S/C36H42N6O4S/c1-5-40(3)35(44)32(42-17-19-46-20-18-42)24-13-15-26(16-14-24)37-33-36(45)41(4)22-29(38-33)27-10-8-11-28(23(27)2)39-34(43)31-21-25-9-6-7-12-30(25)47-31/h8,10-11,13-16,21-22,32H,5-7,9,12,17-20H2,1-4H3,(H,37,38)(H,39,43). The second-order valence-corrected chi connectivity index (χ2v) is 13.4. The van der Waals surface area contributed by atoms with E-state index in [0.29, 0.717) is 49.9 Å². The molecular weight excluding hydrogens is 613 g/mol. The van der Waals surface area contributed by atoms with Crippen molar-refractivity contribution in [2.24, 2.45) is 7.05 Å². The van der Waals surface area contributed by atoms with Gasteiger partial charge in [0.2, 0.25) is 5.91 Å². The fourth-order valence-corrected chi connectivity index (χ4v) is 7.40. The number of nitrogens with one attached hydrogen (secondary N) is 2. The number of carbonyl (C=O) groups is 2. The summed E-state index contributed by atoms with van der Waals surface area (Å²) in [7, 11) is 3.52. The summed E-state index contributed by atoms with van der Waals surface area (Å²) >= 11 is 1.59. The molecule has 1 unspecified atom stereocenters. The third kappa shape index (κ3) is 7.02. The number of rotatable bonds is 9. The first-order valence-corrected chi connectivity index (χ1v) is 17.1. The molecule has 3 heterocycles. The van der Waals surface area contributed by atoms with Gasteiger partial charge in [0.15, 0.2) is 5.82 Å². The van der Waals surface area contributed by atoms with Crippen LogP contribution in [0.1, 0.15) is 57.0 Å². The quantitative estimate of drug-likeness (QED) is 0.244. The number of amides is 2. The lowest BCUT2D eigenvalue weighted by Gasteiger charge is -2.35. The maximum atomic E-state index is 13.4. The topological polar surface area (TPSA) is 109 Å². The molecule has 0 spiro atoms. The van der Waals surface area contributed by atoms with Gasteiger partial charge in [0.05, 0.1) is 23.8 Å². The van der Waals surface area contributed by atoms with Gasteiger partial charge >= 0.3 is 0 Å². The number of ether oxygens (including phenoxy) is 1. The highest BCUT2D eigenvalue weighted by Crippen LogP contribution is 2.32. The maximum absolute atomic E-state index is 13.4. The van der Waals surface area contributed by atoms with E-state index in [4.69, 9.17) is 9.72 Å². The number of benzene rings is 2. The number of anilines is 3. The first-order valence-electron chi connectivity index (χ1n) is 16.3.